The molecule has 0 fully saturated rings. The topological polar surface area (TPSA) is 97.7 Å². The van der Waals surface area contributed by atoms with E-state index >= 15 is 0 Å². The van der Waals surface area contributed by atoms with Gasteiger partial charge >= 0.3 is 5.97 Å². The molecule has 0 heterocycles. The minimum Gasteiger partial charge on any atom is -0.504 e. The fourth-order valence-corrected chi connectivity index (χ4v) is 0.899. The van der Waals surface area contributed by atoms with Crippen molar-refractivity contribution >= 4 is 5.97 Å². The van der Waals surface area contributed by atoms with Crippen molar-refractivity contribution in [3.63, 3.8) is 0 Å². The molecule has 0 aromatic heterocycles. The van der Waals surface area contributed by atoms with Gasteiger partial charge in [0.05, 0.1) is 0 Å². The van der Waals surface area contributed by atoms with E-state index in [1.165, 1.54) is 0 Å². The van der Waals surface area contributed by atoms with E-state index in [1.807, 2.05) is 0 Å². The molecule has 6 heteroatoms. The molecular formula is C8H6FO5. The quantitative estimate of drug-likeness (QED) is 0.616. The highest BCUT2D eigenvalue weighted by atomic mass is 19.1. The molecule has 0 bridgehead atoms. The van der Waals surface area contributed by atoms with Crippen molar-refractivity contribution in [1.29, 1.82) is 0 Å². The highest BCUT2D eigenvalue weighted by Crippen LogP contribution is 2.31. The van der Waals surface area contributed by atoms with E-state index in [2.05, 4.69) is 0 Å². The predicted octanol–water partition coefficient (Wildman–Crippen LogP) is 0.793. The number of rotatable bonds is 2. The van der Waals surface area contributed by atoms with Crippen molar-refractivity contribution in [2.75, 3.05) is 0 Å². The van der Waals surface area contributed by atoms with Crippen molar-refractivity contribution in [2.45, 2.75) is 6.10 Å². The molecule has 5 nitrogen and oxygen atoms in total. The van der Waals surface area contributed by atoms with Gasteiger partial charge in [-0.2, -0.15) is 0 Å². The molecule has 1 rings (SSSR count). The standard InChI is InChI=1S/C8H6FO5/c9-4-1-3(6(11)8(13)14)2-5(10)7(4)12/h1-2,6,10,12H,(H,13,14). The summed E-state index contributed by atoms with van der Waals surface area (Å²) in [4.78, 5) is 10.2. The maximum absolute atomic E-state index is 12.7. The van der Waals surface area contributed by atoms with Crippen LogP contribution in [0.1, 0.15) is 11.7 Å². The van der Waals surface area contributed by atoms with Crippen LogP contribution in [0.5, 0.6) is 11.5 Å². The van der Waals surface area contributed by atoms with Crippen molar-refractivity contribution in [3.8, 4) is 11.5 Å². The Morgan fingerprint density at radius 3 is 2.36 bits per heavy atom. The van der Waals surface area contributed by atoms with Crippen LogP contribution in [-0.4, -0.2) is 21.3 Å². The number of phenolic OH excluding ortho intramolecular Hbond substituents is 2. The number of carboxylic acid groups (broad SMARTS) is 1. The monoisotopic (exact) mass is 201 g/mol. The van der Waals surface area contributed by atoms with Gasteiger partial charge < -0.3 is 15.3 Å². The Labute approximate surface area is 77.7 Å². The molecule has 3 N–H and O–H groups in total. The van der Waals surface area contributed by atoms with Gasteiger partial charge in [0.1, 0.15) is 0 Å². The second kappa shape index (κ2) is 3.51. The summed E-state index contributed by atoms with van der Waals surface area (Å²) in [5, 5.41) is 36.9. The minimum atomic E-state index is -2.18. The van der Waals surface area contributed by atoms with Crippen molar-refractivity contribution in [1.82, 2.24) is 0 Å². The molecule has 0 aliphatic carbocycles. The molecule has 1 atom stereocenters. The number of hydrogen-bond acceptors (Lipinski definition) is 3. The third-order valence-electron chi connectivity index (χ3n) is 1.59. The van der Waals surface area contributed by atoms with Crippen LogP contribution in [-0.2, 0) is 9.90 Å². The largest absolute Gasteiger partial charge is 0.504 e. The van der Waals surface area contributed by atoms with Crippen molar-refractivity contribution in [3.05, 3.63) is 23.5 Å². The Morgan fingerprint density at radius 1 is 1.36 bits per heavy atom. The van der Waals surface area contributed by atoms with Crippen molar-refractivity contribution in [2.24, 2.45) is 0 Å². The van der Waals surface area contributed by atoms with Crippen LogP contribution in [0.15, 0.2) is 12.1 Å². The number of halogens is 1. The Balaban J connectivity index is 3.19. The van der Waals surface area contributed by atoms with Gasteiger partial charge in [-0.3, -0.25) is 0 Å². The maximum Gasteiger partial charge on any atom is 0.340 e. The summed E-state index contributed by atoms with van der Waals surface area (Å²) in [5.74, 6) is -4.79. The lowest BCUT2D eigenvalue weighted by atomic mass is 10.1. The van der Waals surface area contributed by atoms with E-state index in [1.54, 1.807) is 0 Å². The zero-order valence-corrected chi connectivity index (χ0v) is 6.77. The highest BCUT2D eigenvalue weighted by molar-refractivity contribution is 5.74. The number of carbonyl (C=O) groups is 1. The van der Waals surface area contributed by atoms with E-state index in [-0.39, 0.29) is 0 Å². The second-order valence-corrected chi connectivity index (χ2v) is 2.59. The van der Waals surface area contributed by atoms with Gasteiger partial charge in [0.2, 0.25) is 6.10 Å². The Hall–Kier alpha value is -1.82. The summed E-state index contributed by atoms with van der Waals surface area (Å²) in [6, 6.07) is 1.28. The molecule has 14 heavy (non-hydrogen) atoms. The summed E-state index contributed by atoms with van der Waals surface area (Å²) in [6.07, 6.45) is -2.18. The summed E-state index contributed by atoms with van der Waals surface area (Å²) in [6.45, 7) is 0. The summed E-state index contributed by atoms with van der Waals surface area (Å²) < 4.78 is 12.7. The number of benzene rings is 1. The van der Waals surface area contributed by atoms with Crippen LogP contribution in [0, 0.1) is 5.82 Å². The van der Waals surface area contributed by atoms with Crippen LogP contribution in [0.3, 0.4) is 0 Å². The summed E-state index contributed by atoms with van der Waals surface area (Å²) >= 11 is 0. The number of carboxylic acids is 1. The van der Waals surface area contributed by atoms with Gasteiger partial charge in [-0.15, -0.1) is 0 Å². The lowest BCUT2D eigenvalue weighted by molar-refractivity contribution is -0.150. The molecule has 0 amide bonds. The maximum atomic E-state index is 12.7. The van der Waals surface area contributed by atoms with E-state index in [0.717, 1.165) is 0 Å². The van der Waals surface area contributed by atoms with Gasteiger partial charge in [-0.1, -0.05) is 0 Å². The van der Waals surface area contributed by atoms with E-state index in [4.69, 9.17) is 15.3 Å². The van der Waals surface area contributed by atoms with Crippen LogP contribution in [0.2, 0.25) is 0 Å². The highest BCUT2D eigenvalue weighted by Gasteiger charge is 2.21. The molecule has 1 aromatic rings. The third-order valence-corrected chi connectivity index (χ3v) is 1.59. The molecule has 1 radical (unpaired) electrons. The lowest BCUT2D eigenvalue weighted by Crippen LogP contribution is -2.09. The van der Waals surface area contributed by atoms with E-state index in [0.29, 0.717) is 12.1 Å². The first-order chi connectivity index (χ1) is 6.43. The third kappa shape index (κ3) is 1.74. The molecule has 0 saturated heterocycles. The zero-order valence-electron chi connectivity index (χ0n) is 6.77. The number of phenols is 2. The van der Waals surface area contributed by atoms with Gasteiger partial charge in [0, 0.05) is 5.56 Å². The summed E-state index contributed by atoms with van der Waals surface area (Å²) in [7, 11) is 0. The molecule has 0 saturated carbocycles. The first kappa shape index (κ1) is 10.3. The summed E-state index contributed by atoms with van der Waals surface area (Å²) in [5.41, 5.74) is -0.453. The van der Waals surface area contributed by atoms with Gasteiger partial charge in [0.25, 0.3) is 0 Å². The average Bonchev–Trinajstić information content (AvgIpc) is 2.12. The van der Waals surface area contributed by atoms with Crippen LogP contribution < -0.4 is 0 Å². The van der Waals surface area contributed by atoms with Gasteiger partial charge in [-0.25, -0.2) is 14.3 Å². The minimum absolute atomic E-state index is 0.453. The molecular weight excluding hydrogens is 195 g/mol. The fourth-order valence-electron chi connectivity index (χ4n) is 0.899. The fraction of sp³-hybridized carbons (Fsp3) is 0.125. The second-order valence-electron chi connectivity index (χ2n) is 2.59. The van der Waals surface area contributed by atoms with Crippen LogP contribution >= 0.6 is 0 Å². The molecule has 1 aromatic carbocycles. The molecule has 75 valence electrons. The lowest BCUT2D eigenvalue weighted by Gasteiger charge is -2.05. The van der Waals surface area contributed by atoms with E-state index < -0.39 is 35.0 Å². The zero-order chi connectivity index (χ0) is 10.9. The Morgan fingerprint density at radius 2 is 1.93 bits per heavy atom. The van der Waals surface area contributed by atoms with Crippen LogP contribution in [0.25, 0.3) is 0 Å². The van der Waals surface area contributed by atoms with E-state index in [9.17, 15) is 14.3 Å². The molecule has 0 spiro atoms. The number of aromatic hydroxyl groups is 2. The molecule has 0 aliphatic rings. The first-order valence-corrected chi connectivity index (χ1v) is 3.53. The van der Waals surface area contributed by atoms with Gasteiger partial charge in [-0.05, 0) is 12.1 Å². The normalized spacial score (nSPS) is 12.4. The predicted molar refractivity (Wildman–Crippen MR) is 40.8 cm³/mol. The molecule has 0 aliphatic heterocycles. The molecule has 1 unspecified atom stereocenters. The smallest absolute Gasteiger partial charge is 0.340 e. The average molecular weight is 201 g/mol. The van der Waals surface area contributed by atoms with Crippen LogP contribution in [0.4, 0.5) is 4.39 Å². The number of hydrogen-bond donors (Lipinski definition) is 3. The Bertz CT molecular complexity index is 353. The number of aliphatic carboxylic acids is 1. The van der Waals surface area contributed by atoms with Gasteiger partial charge in [0.15, 0.2) is 17.3 Å². The Kier molecular flexibility index (Phi) is 2.57. The first-order valence-electron chi connectivity index (χ1n) is 3.53. The SMILES string of the molecule is [O]C(C(=O)O)c1cc(O)c(O)c(F)c1. The van der Waals surface area contributed by atoms with Crippen molar-refractivity contribution < 1.29 is 29.6 Å².